The number of hydrogen-bond donors (Lipinski definition) is 1. The molecule has 0 aromatic rings. The molecule has 0 spiro atoms. The molecule has 0 aromatic carbocycles. The first-order chi connectivity index (χ1) is 4.74. The van der Waals surface area contributed by atoms with Crippen LogP contribution in [0.1, 0.15) is 26.2 Å². The minimum atomic E-state index is -0.130. The molecule has 3 nitrogen and oxygen atoms in total. The number of imide groups is 1. The Bertz CT molecular complexity index is 170. The van der Waals surface area contributed by atoms with E-state index in [-0.39, 0.29) is 30.1 Å². The number of amides is 2. The molecule has 1 aliphatic rings. The average molecular weight is 178 g/mol. The maximum atomic E-state index is 10.9. The summed E-state index contributed by atoms with van der Waals surface area (Å²) in [5.41, 5.74) is 0. The zero-order valence-corrected chi connectivity index (χ0v) is 7.24. The van der Waals surface area contributed by atoms with Crippen molar-refractivity contribution in [2.75, 3.05) is 0 Å². The third kappa shape index (κ3) is 2.50. The summed E-state index contributed by atoms with van der Waals surface area (Å²) in [6.45, 7) is 1.96. The molecule has 0 radical (unpaired) electrons. The number of nitrogens with one attached hydrogen (secondary N) is 1. The van der Waals surface area contributed by atoms with Crippen LogP contribution in [0.15, 0.2) is 0 Å². The summed E-state index contributed by atoms with van der Waals surface area (Å²) in [6.07, 6.45) is 2.06. The lowest BCUT2D eigenvalue weighted by atomic mass is 9.96. The Morgan fingerprint density at radius 2 is 2.18 bits per heavy atom. The van der Waals surface area contributed by atoms with Gasteiger partial charge in [0.2, 0.25) is 11.8 Å². The van der Waals surface area contributed by atoms with Gasteiger partial charge in [-0.25, -0.2) is 0 Å². The minimum Gasteiger partial charge on any atom is -0.296 e. The fraction of sp³-hybridized carbons (Fsp3) is 0.714. The van der Waals surface area contributed by atoms with E-state index >= 15 is 0 Å². The van der Waals surface area contributed by atoms with Gasteiger partial charge in [0.15, 0.2) is 0 Å². The lowest BCUT2D eigenvalue weighted by molar-refractivity contribution is -0.136. The third-order valence-electron chi connectivity index (χ3n) is 1.85. The molecule has 0 aliphatic carbocycles. The van der Waals surface area contributed by atoms with E-state index in [9.17, 15) is 9.59 Å². The van der Waals surface area contributed by atoms with Gasteiger partial charge < -0.3 is 0 Å². The molecule has 0 bridgehead atoms. The Balaban J connectivity index is 0.000001000. The second-order valence-corrected chi connectivity index (χ2v) is 2.56. The molecule has 64 valence electrons. The van der Waals surface area contributed by atoms with E-state index in [2.05, 4.69) is 5.32 Å². The van der Waals surface area contributed by atoms with E-state index in [1.165, 1.54) is 0 Å². The average Bonchev–Trinajstić information content (AvgIpc) is 1.88. The summed E-state index contributed by atoms with van der Waals surface area (Å²) in [7, 11) is 0. The third-order valence-corrected chi connectivity index (χ3v) is 1.85. The SMILES string of the molecule is CCC1CCC(=O)NC1=O.Cl. The van der Waals surface area contributed by atoms with E-state index in [4.69, 9.17) is 0 Å². The van der Waals surface area contributed by atoms with Crippen LogP contribution < -0.4 is 5.32 Å². The topological polar surface area (TPSA) is 46.2 Å². The summed E-state index contributed by atoms with van der Waals surface area (Å²) in [4.78, 5) is 21.5. The van der Waals surface area contributed by atoms with Crippen LogP contribution >= 0.6 is 12.4 Å². The Morgan fingerprint density at radius 1 is 1.55 bits per heavy atom. The van der Waals surface area contributed by atoms with Crippen molar-refractivity contribution in [2.45, 2.75) is 26.2 Å². The van der Waals surface area contributed by atoms with Crippen molar-refractivity contribution in [1.82, 2.24) is 5.32 Å². The fourth-order valence-corrected chi connectivity index (χ4v) is 1.13. The molecule has 0 saturated carbocycles. The van der Waals surface area contributed by atoms with Gasteiger partial charge in [0, 0.05) is 12.3 Å². The van der Waals surface area contributed by atoms with Crippen LogP contribution in [0.25, 0.3) is 0 Å². The van der Waals surface area contributed by atoms with Crippen LogP contribution in [-0.4, -0.2) is 11.8 Å². The number of hydrogen-bond acceptors (Lipinski definition) is 2. The predicted molar refractivity (Wildman–Crippen MR) is 43.4 cm³/mol. The van der Waals surface area contributed by atoms with Crippen molar-refractivity contribution in [1.29, 1.82) is 0 Å². The number of rotatable bonds is 1. The molecule has 11 heavy (non-hydrogen) atoms. The molecular weight excluding hydrogens is 166 g/mol. The van der Waals surface area contributed by atoms with Crippen LogP contribution in [-0.2, 0) is 9.59 Å². The molecule has 1 heterocycles. The Morgan fingerprint density at radius 3 is 2.64 bits per heavy atom. The monoisotopic (exact) mass is 177 g/mol. The van der Waals surface area contributed by atoms with Gasteiger partial charge in [-0.1, -0.05) is 6.92 Å². The largest absolute Gasteiger partial charge is 0.296 e. The molecule has 0 aromatic heterocycles. The number of carbonyl (C=O) groups excluding carboxylic acids is 2. The van der Waals surface area contributed by atoms with Crippen molar-refractivity contribution < 1.29 is 9.59 Å². The van der Waals surface area contributed by atoms with Gasteiger partial charge in [-0.2, -0.15) is 0 Å². The maximum Gasteiger partial charge on any atom is 0.229 e. The summed E-state index contributed by atoms with van der Waals surface area (Å²) >= 11 is 0. The van der Waals surface area contributed by atoms with Crippen LogP contribution in [0.3, 0.4) is 0 Å². The highest BCUT2D eigenvalue weighted by molar-refractivity contribution is 5.98. The van der Waals surface area contributed by atoms with Crippen molar-refractivity contribution in [2.24, 2.45) is 5.92 Å². The van der Waals surface area contributed by atoms with Crippen molar-refractivity contribution in [3.05, 3.63) is 0 Å². The van der Waals surface area contributed by atoms with Crippen LogP contribution in [0, 0.1) is 5.92 Å². The van der Waals surface area contributed by atoms with E-state index in [0.717, 1.165) is 12.8 Å². The predicted octanol–water partition coefficient (Wildman–Crippen LogP) is 0.871. The molecule has 2 amide bonds. The second-order valence-electron chi connectivity index (χ2n) is 2.56. The molecule has 4 heteroatoms. The van der Waals surface area contributed by atoms with Crippen LogP contribution in [0.5, 0.6) is 0 Å². The van der Waals surface area contributed by atoms with E-state index in [0.29, 0.717) is 6.42 Å². The van der Waals surface area contributed by atoms with Gasteiger partial charge in [0.25, 0.3) is 0 Å². The first kappa shape index (κ1) is 10.4. The van der Waals surface area contributed by atoms with Crippen LogP contribution in [0.2, 0.25) is 0 Å². The van der Waals surface area contributed by atoms with E-state index in [1.807, 2.05) is 6.92 Å². The molecule has 1 fully saturated rings. The van der Waals surface area contributed by atoms with Gasteiger partial charge in [-0.05, 0) is 12.8 Å². The van der Waals surface area contributed by atoms with E-state index < -0.39 is 0 Å². The lowest BCUT2D eigenvalue weighted by Crippen LogP contribution is -2.40. The number of carbonyl (C=O) groups is 2. The standard InChI is InChI=1S/C7H11NO2.ClH/c1-2-5-3-4-6(9)8-7(5)10;/h5H,2-4H2,1H3,(H,8,9,10);1H. The lowest BCUT2D eigenvalue weighted by Gasteiger charge is -2.18. The van der Waals surface area contributed by atoms with Crippen molar-refractivity contribution >= 4 is 24.2 Å². The summed E-state index contributed by atoms with van der Waals surface area (Å²) < 4.78 is 0. The molecule has 1 unspecified atom stereocenters. The van der Waals surface area contributed by atoms with Crippen molar-refractivity contribution in [3.63, 3.8) is 0 Å². The first-order valence-corrected chi connectivity index (χ1v) is 3.57. The van der Waals surface area contributed by atoms with Gasteiger partial charge in [-0.3, -0.25) is 14.9 Å². The number of halogens is 1. The summed E-state index contributed by atoms with van der Waals surface area (Å²) in [6, 6.07) is 0. The normalized spacial score (nSPS) is 23.9. The minimum absolute atomic E-state index is 0. The molecule has 1 saturated heterocycles. The van der Waals surface area contributed by atoms with Gasteiger partial charge >= 0.3 is 0 Å². The molecular formula is C7H12ClNO2. The Labute approximate surface area is 71.9 Å². The summed E-state index contributed by atoms with van der Waals surface area (Å²) in [5.74, 6) is -0.161. The summed E-state index contributed by atoms with van der Waals surface area (Å²) in [5, 5.41) is 2.30. The smallest absolute Gasteiger partial charge is 0.229 e. The molecule has 1 aliphatic heterocycles. The van der Waals surface area contributed by atoms with Crippen molar-refractivity contribution in [3.8, 4) is 0 Å². The van der Waals surface area contributed by atoms with Gasteiger partial charge in [0.05, 0.1) is 0 Å². The van der Waals surface area contributed by atoms with Gasteiger partial charge in [0.1, 0.15) is 0 Å². The highest BCUT2D eigenvalue weighted by Gasteiger charge is 2.24. The van der Waals surface area contributed by atoms with Gasteiger partial charge in [-0.15, -0.1) is 12.4 Å². The first-order valence-electron chi connectivity index (χ1n) is 3.57. The fourth-order valence-electron chi connectivity index (χ4n) is 1.13. The zero-order chi connectivity index (χ0) is 7.56. The molecule has 1 N–H and O–H groups in total. The Kier molecular flexibility index (Phi) is 4.11. The van der Waals surface area contributed by atoms with E-state index in [1.54, 1.807) is 0 Å². The zero-order valence-electron chi connectivity index (χ0n) is 6.42. The highest BCUT2D eigenvalue weighted by Crippen LogP contribution is 2.14. The number of piperidine rings is 1. The molecule has 1 rings (SSSR count). The second kappa shape index (κ2) is 4.34. The van der Waals surface area contributed by atoms with Crippen LogP contribution in [0.4, 0.5) is 0 Å². The highest BCUT2D eigenvalue weighted by atomic mass is 35.5. The maximum absolute atomic E-state index is 10.9. The quantitative estimate of drug-likeness (QED) is 0.605. The molecule has 1 atom stereocenters. The Hall–Kier alpha value is -0.570.